The minimum absolute atomic E-state index is 0.475. The van der Waals surface area contributed by atoms with Crippen LogP contribution in [0.15, 0.2) is 119 Å². The summed E-state index contributed by atoms with van der Waals surface area (Å²) in [4.78, 5) is 10.7. The molecule has 0 saturated carbocycles. The van der Waals surface area contributed by atoms with Crippen LogP contribution in [0.1, 0.15) is 88.1 Å². The summed E-state index contributed by atoms with van der Waals surface area (Å²) in [7, 11) is 2.16. The quantitative estimate of drug-likeness (QED) is 0.0903. The zero-order valence-corrected chi connectivity index (χ0v) is 38.4. The molecular weight excluding hydrogens is 745 g/mol. The van der Waals surface area contributed by atoms with Crippen molar-refractivity contribution in [2.75, 3.05) is 64.4 Å². The van der Waals surface area contributed by atoms with Crippen LogP contribution in [0.3, 0.4) is 0 Å². The Morgan fingerprint density at radius 2 is 1.34 bits per heavy atom. The van der Waals surface area contributed by atoms with E-state index in [0.717, 1.165) is 64.8 Å². The minimum atomic E-state index is 0.475. The summed E-state index contributed by atoms with van der Waals surface area (Å²) in [6.45, 7) is 25.4. The summed E-state index contributed by atoms with van der Waals surface area (Å²) in [5.41, 5.74) is 21.5. The Hall–Kier alpha value is -3.94. The number of hydrogen-bond acceptors (Lipinski definition) is 6. The van der Waals surface area contributed by atoms with Crippen LogP contribution in [-0.2, 0) is 32.1 Å². The van der Waals surface area contributed by atoms with Crippen LogP contribution in [-0.4, -0.2) is 103 Å². The third-order valence-electron chi connectivity index (χ3n) is 15.6. The van der Waals surface area contributed by atoms with E-state index in [4.69, 9.17) is 0 Å². The number of hydrogen-bond donors (Lipinski definition) is 1. The highest BCUT2D eigenvalue weighted by atomic mass is 15.6. The van der Waals surface area contributed by atoms with Crippen LogP contribution in [0, 0.1) is 11.8 Å². The zero-order valence-electron chi connectivity index (χ0n) is 38.4. The maximum atomic E-state index is 4.28. The van der Waals surface area contributed by atoms with Crippen LogP contribution >= 0.6 is 0 Å². The number of allylic oxidation sites excluding steroid dienone is 1. The zero-order chi connectivity index (χ0) is 42.2. The van der Waals surface area contributed by atoms with Gasteiger partial charge in [0, 0.05) is 89.8 Å². The Labute approximate surface area is 369 Å². The highest BCUT2D eigenvalue weighted by molar-refractivity contribution is 5.49. The molecule has 3 aromatic carbocycles. The van der Waals surface area contributed by atoms with E-state index in [1.165, 1.54) is 84.4 Å². The predicted octanol–water partition coefficient (Wildman–Crippen LogP) is 9.43. The van der Waals surface area contributed by atoms with E-state index >= 15 is 0 Å². The highest BCUT2D eigenvalue weighted by Gasteiger charge is 2.45. The lowest BCUT2D eigenvalue weighted by Gasteiger charge is -2.51. The smallest absolute Gasteiger partial charge is 0.0520 e. The van der Waals surface area contributed by atoms with E-state index in [9.17, 15) is 0 Å². The average Bonchev–Trinajstić information content (AvgIpc) is 4.14. The van der Waals surface area contributed by atoms with E-state index in [-0.39, 0.29) is 0 Å². The van der Waals surface area contributed by atoms with Crippen molar-refractivity contribution >= 4 is 5.69 Å². The predicted molar refractivity (Wildman–Crippen MR) is 256 cm³/mol. The van der Waals surface area contributed by atoms with Gasteiger partial charge in [-0.25, -0.2) is 5.43 Å². The fourth-order valence-electron chi connectivity index (χ4n) is 11.3. The van der Waals surface area contributed by atoms with E-state index in [1.807, 2.05) is 0 Å². The molecule has 0 spiro atoms. The van der Waals surface area contributed by atoms with Gasteiger partial charge in [0.2, 0.25) is 0 Å². The Morgan fingerprint density at radius 1 is 0.770 bits per heavy atom. The fraction of sp³-hybridized carbons (Fsp3) is 0.527. The van der Waals surface area contributed by atoms with Gasteiger partial charge in [0.05, 0.1) is 5.69 Å². The second-order valence-corrected chi connectivity index (χ2v) is 20.1. The van der Waals surface area contributed by atoms with Crippen molar-refractivity contribution in [1.29, 1.82) is 0 Å². The van der Waals surface area contributed by atoms with Crippen LogP contribution < -0.4 is 10.4 Å². The molecule has 5 heterocycles. The molecule has 0 radical (unpaired) electrons. The molecule has 8 atom stereocenters. The van der Waals surface area contributed by atoms with Gasteiger partial charge in [-0.3, -0.25) is 14.7 Å². The number of likely N-dealkylation sites (tertiary alicyclic amines) is 1. The van der Waals surface area contributed by atoms with Crippen molar-refractivity contribution in [3.63, 3.8) is 0 Å². The molecule has 6 aliphatic rings. The Bertz CT molecular complexity index is 2110. The maximum Gasteiger partial charge on any atom is 0.0520 e. The van der Waals surface area contributed by atoms with Crippen molar-refractivity contribution in [2.45, 2.75) is 117 Å². The summed E-state index contributed by atoms with van der Waals surface area (Å²) in [5.74, 6) is 1.16. The van der Waals surface area contributed by atoms with Gasteiger partial charge in [-0.05, 0) is 146 Å². The third kappa shape index (κ3) is 9.84. The summed E-state index contributed by atoms with van der Waals surface area (Å²) < 4.78 is 0. The van der Waals surface area contributed by atoms with E-state index in [0.29, 0.717) is 36.0 Å². The molecule has 6 heteroatoms. The lowest BCUT2D eigenvalue weighted by Crippen LogP contribution is -2.58. The van der Waals surface area contributed by atoms with E-state index < -0.39 is 0 Å². The highest BCUT2D eigenvalue weighted by Crippen LogP contribution is 2.44. The monoisotopic (exact) mass is 819 g/mol. The van der Waals surface area contributed by atoms with E-state index in [1.54, 1.807) is 27.9 Å². The molecular formula is C55H74N6. The van der Waals surface area contributed by atoms with Gasteiger partial charge in [0.25, 0.3) is 0 Å². The topological polar surface area (TPSA) is 27.8 Å². The largest absolute Gasteiger partial charge is 0.376 e. The Balaban J connectivity index is 0.866. The number of nitrogens with zero attached hydrogens (tertiary/aromatic N) is 5. The first-order valence-electron chi connectivity index (χ1n) is 24.0. The number of rotatable bonds is 20. The molecule has 61 heavy (non-hydrogen) atoms. The molecule has 1 N–H and O–H groups in total. The summed E-state index contributed by atoms with van der Waals surface area (Å²) in [6, 6.07) is 30.9. The van der Waals surface area contributed by atoms with Crippen molar-refractivity contribution in [3.05, 3.63) is 147 Å². The van der Waals surface area contributed by atoms with E-state index in [2.05, 4.69) is 157 Å². The Morgan fingerprint density at radius 3 is 1.89 bits per heavy atom. The van der Waals surface area contributed by atoms with Crippen LogP contribution in [0.2, 0.25) is 0 Å². The van der Waals surface area contributed by atoms with Crippen molar-refractivity contribution in [2.24, 2.45) is 11.8 Å². The lowest BCUT2D eigenvalue weighted by atomic mass is 9.74. The molecule has 0 amide bonds. The molecule has 4 saturated heterocycles. The summed E-state index contributed by atoms with van der Waals surface area (Å²) in [6.07, 6.45) is 13.0. The standard InChI is InChI=1S/C55H74N6/c1-8-9-48(38(2)3)21-18-42-10-12-45(13-11-42)30-51-34-58(51)36-53-39(4)54(37-59-35-52(59)31-46-19-22-49(23-20-46)61-27-25-56-61)41(6)55(40(53)5)60-26-24-50(60)29-44-16-14-43(15-17-44)28-47-32-57(7)33-47/h10-17,19-20,22-23,32,40,48,50-52,55-56H,2,8-9,18,21,24-31,33-37H2,1,3-7H3. The molecule has 1 aliphatic carbocycles. The van der Waals surface area contributed by atoms with Crippen molar-refractivity contribution in [3.8, 4) is 0 Å². The number of benzene rings is 3. The second-order valence-electron chi connectivity index (χ2n) is 20.1. The number of anilines is 1. The first-order chi connectivity index (χ1) is 29.6. The number of aryl methyl sites for hydroxylation is 1. The molecule has 5 aliphatic heterocycles. The van der Waals surface area contributed by atoms with Gasteiger partial charge < -0.3 is 9.91 Å². The summed E-state index contributed by atoms with van der Waals surface area (Å²) >= 11 is 0. The molecule has 0 aromatic heterocycles. The third-order valence-corrected chi connectivity index (χ3v) is 15.6. The lowest BCUT2D eigenvalue weighted by molar-refractivity contribution is 0.0374. The summed E-state index contributed by atoms with van der Waals surface area (Å²) in [5, 5.41) is 2.25. The van der Waals surface area contributed by atoms with Gasteiger partial charge >= 0.3 is 0 Å². The first-order valence-corrected chi connectivity index (χ1v) is 24.0. The second kappa shape index (κ2) is 18.4. The maximum absolute atomic E-state index is 4.28. The Kier molecular flexibility index (Phi) is 12.8. The van der Waals surface area contributed by atoms with Crippen LogP contribution in [0.4, 0.5) is 5.69 Å². The molecule has 4 fully saturated rings. The van der Waals surface area contributed by atoms with Gasteiger partial charge in [-0.15, -0.1) is 0 Å². The van der Waals surface area contributed by atoms with Crippen molar-refractivity contribution < 1.29 is 0 Å². The molecule has 324 valence electrons. The number of likely N-dealkylation sites (N-methyl/N-ethyl adjacent to an activating group) is 1. The van der Waals surface area contributed by atoms with Crippen LogP contribution in [0.25, 0.3) is 0 Å². The normalized spacial score (nSPS) is 27.6. The number of hydrazine groups is 1. The molecule has 0 bridgehead atoms. The number of nitrogens with one attached hydrogen (secondary N) is 1. The average molecular weight is 819 g/mol. The van der Waals surface area contributed by atoms with Crippen LogP contribution in [0.5, 0.6) is 0 Å². The fourth-order valence-corrected chi connectivity index (χ4v) is 11.3. The van der Waals surface area contributed by atoms with Gasteiger partial charge in [0.1, 0.15) is 0 Å². The minimum Gasteiger partial charge on any atom is -0.376 e. The molecule has 8 unspecified atom stereocenters. The van der Waals surface area contributed by atoms with Gasteiger partial charge in [0.15, 0.2) is 0 Å². The van der Waals surface area contributed by atoms with Gasteiger partial charge in [-0.1, -0.05) is 98.7 Å². The molecule has 9 rings (SSSR count). The van der Waals surface area contributed by atoms with Crippen molar-refractivity contribution in [1.82, 2.24) is 25.0 Å². The first kappa shape index (κ1) is 42.4. The van der Waals surface area contributed by atoms with Gasteiger partial charge in [-0.2, -0.15) is 0 Å². The SMILES string of the molecule is C=C(C)C(CCC)CCc1ccc(CC2CN2CC2=C(C)C(CN3CC3Cc3ccc(N4CCN4)cc3)=C(C)C(N3CCC3Cc3ccc(CC4=CN(C)C4)cc3)C2C)cc1. The molecule has 6 nitrogen and oxygen atoms in total. The molecule has 3 aromatic rings.